The molecule has 1 aliphatic rings. The molecule has 0 bridgehead atoms. The van der Waals surface area contributed by atoms with Gasteiger partial charge in [-0.2, -0.15) is 0 Å². The molecule has 2 aromatic rings. The molecule has 26 heavy (non-hydrogen) atoms. The highest BCUT2D eigenvalue weighted by molar-refractivity contribution is 5.86. The van der Waals surface area contributed by atoms with Crippen LogP contribution in [0.2, 0.25) is 0 Å². The summed E-state index contributed by atoms with van der Waals surface area (Å²) in [6.07, 6.45) is 4.39. The Morgan fingerprint density at radius 1 is 1.31 bits per heavy atom. The predicted octanol–water partition coefficient (Wildman–Crippen LogP) is 1.57. The lowest BCUT2D eigenvalue weighted by Gasteiger charge is -2.38. The van der Waals surface area contributed by atoms with Crippen LogP contribution in [0.1, 0.15) is 29.8 Å². The van der Waals surface area contributed by atoms with Crippen molar-refractivity contribution >= 4 is 5.91 Å². The van der Waals surface area contributed by atoms with E-state index < -0.39 is 5.60 Å². The molecule has 0 aliphatic carbocycles. The normalized spacial score (nSPS) is 20.4. The highest BCUT2D eigenvalue weighted by Crippen LogP contribution is 2.24. The fourth-order valence-corrected chi connectivity index (χ4v) is 3.12. The smallest absolute Gasteiger partial charge is 0.256 e. The Hall–Kier alpha value is -2.38. The van der Waals surface area contributed by atoms with Crippen molar-refractivity contribution in [2.75, 3.05) is 13.1 Å². The van der Waals surface area contributed by atoms with Gasteiger partial charge in [-0.05, 0) is 25.8 Å². The lowest BCUT2D eigenvalue weighted by atomic mass is 9.91. The van der Waals surface area contributed by atoms with E-state index in [1.165, 1.54) is 11.0 Å². The van der Waals surface area contributed by atoms with Gasteiger partial charge in [-0.3, -0.25) is 14.8 Å². The molecule has 138 valence electrons. The van der Waals surface area contributed by atoms with E-state index in [2.05, 4.69) is 15.3 Å². The lowest BCUT2D eigenvalue weighted by molar-refractivity contribution is -0.157. The van der Waals surface area contributed by atoms with Gasteiger partial charge in [0.1, 0.15) is 5.82 Å². The van der Waals surface area contributed by atoms with Gasteiger partial charge in [0.2, 0.25) is 0 Å². The molecule has 1 aliphatic heterocycles. The molecule has 2 N–H and O–H groups in total. The summed E-state index contributed by atoms with van der Waals surface area (Å²) in [5.74, 6) is -0.708. The molecule has 0 spiro atoms. The highest BCUT2D eigenvalue weighted by atomic mass is 19.1. The van der Waals surface area contributed by atoms with Crippen molar-refractivity contribution in [3.63, 3.8) is 0 Å². The molecule has 1 atom stereocenters. The molecule has 2 heterocycles. The number of hydrogen-bond acceptors (Lipinski definition) is 5. The van der Waals surface area contributed by atoms with Crippen LogP contribution >= 0.6 is 0 Å². The molecule has 0 saturated carbocycles. The van der Waals surface area contributed by atoms with Crippen molar-refractivity contribution in [1.29, 1.82) is 0 Å². The number of piperidine rings is 1. The van der Waals surface area contributed by atoms with Crippen molar-refractivity contribution in [2.45, 2.75) is 38.5 Å². The van der Waals surface area contributed by atoms with Gasteiger partial charge in [0.25, 0.3) is 5.91 Å². The average Bonchev–Trinajstić information content (AvgIpc) is 2.63. The third-order valence-electron chi connectivity index (χ3n) is 4.58. The Morgan fingerprint density at radius 3 is 2.85 bits per heavy atom. The topological polar surface area (TPSA) is 78.4 Å². The van der Waals surface area contributed by atoms with Gasteiger partial charge in [-0.1, -0.05) is 18.2 Å². The van der Waals surface area contributed by atoms with Crippen LogP contribution in [0.4, 0.5) is 4.39 Å². The Bertz CT molecular complexity index is 768. The maximum Gasteiger partial charge on any atom is 0.256 e. The van der Waals surface area contributed by atoms with Gasteiger partial charge >= 0.3 is 0 Å². The van der Waals surface area contributed by atoms with Gasteiger partial charge in [0.05, 0.1) is 11.4 Å². The first kappa shape index (κ1) is 18.4. The molecular formula is C19H23FN4O2. The highest BCUT2D eigenvalue weighted by Gasteiger charge is 2.41. The molecule has 1 amide bonds. The van der Waals surface area contributed by atoms with E-state index >= 15 is 0 Å². The first-order chi connectivity index (χ1) is 12.5. The standard InChI is InChI=1S/C19H23FN4O2/c1-14-9-23-16(11-22-14)10-21-13-19(26)7-4-8-24(18(19)25)12-15-5-2-3-6-17(15)20/h2-3,5-6,9,11,21,26H,4,7-8,10,12-13H2,1H3/t19-/m0/s1. The number of nitrogens with zero attached hydrogens (tertiary/aromatic N) is 3. The SMILES string of the molecule is Cc1cnc(CNC[C@@]2(O)CCCN(Cc3ccccc3F)C2=O)cn1. The van der Waals surface area contributed by atoms with Crippen LogP contribution in [0.3, 0.4) is 0 Å². The van der Waals surface area contributed by atoms with Crippen molar-refractivity contribution in [3.05, 3.63) is 59.4 Å². The summed E-state index contributed by atoms with van der Waals surface area (Å²) >= 11 is 0. The zero-order valence-electron chi connectivity index (χ0n) is 14.8. The number of benzene rings is 1. The van der Waals surface area contributed by atoms with E-state index in [0.717, 1.165) is 11.4 Å². The second-order valence-corrected chi connectivity index (χ2v) is 6.71. The number of rotatable bonds is 6. The first-order valence-electron chi connectivity index (χ1n) is 8.71. The quantitative estimate of drug-likeness (QED) is 0.820. The van der Waals surface area contributed by atoms with Crippen molar-refractivity contribution in [1.82, 2.24) is 20.2 Å². The van der Waals surface area contributed by atoms with Gasteiger partial charge in [0.15, 0.2) is 5.60 Å². The van der Waals surface area contributed by atoms with Crippen molar-refractivity contribution in [3.8, 4) is 0 Å². The van der Waals surface area contributed by atoms with Crippen molar-refractivity contribution < 1.29 is 14.3 Å². The maximum absolute atomic E-state index is 13.9. The molecule has 0 radical (unpaired) electrons. The Labute approximate surface area is 152 Å². The summed E-state index contributed by atoms with van der Waals surface area (Å²) < 4.78 is 13.9. The van der Waals surface area contributed by atoms with Crippen LogP contribution in [-0.4, -0.2) is 44.6 Å². The third kappa shape index (κ3) is 4.23. The van der Waals surface area contributed by atoms with E-state index in [4.69, 9.17) is 0 Å². The van der Waals surface area contributed by atoms with Crippen LogP contribution in [0, 0.1) is 12.7 Å². The second kappa shape index (κ2) is 7.88. The molecule has 1 aromatic heterocycles. The zero-order chi connectivity index (χ0) is 18.6. The fraction of sp³-hybridized carbons (Fsp3) is 0.421. The number of carbonyl (C=O) groups is 1. The lowest BCUT2D eigenvalue weighted by Crippen LogP contribution is -2.57. The summed E-state index contributed by atoms with van der Waals surface area (Å²) in [5.41, 5.74) is 0.541. The predicted molar refractivity (Wildman–Crippen MR) is 94.5 cm³/mol. The summed E-state index contributed by atoms with van der Waals surface area (Å²) in [4.78, 5) is 22.7. The number of amides is 1. The minimum absolute atomic E-state index is 0.120. The van der Waals surface area contributed by atoms with E-state index in [9.17, 15) is 14.3 Å². The largest absolute Gasteiger partial charge is 0.379 e. The number of likely N-dealkylation sites (tertiary alicyclic amines) is 1. The monoisotopic (exact) mass is 358 g/mol. The molecule has 1 aromatic carbocycles. The number of aliphatic hydroxyl groups is 1. The van der Waals surface area contributed by atoms with Gasteiger partial charge in [-0.15, -0.1) is 0 Å². The molecule has 1 saturated heterocycles. The number of aromatic nitrogens is 2. The minimum atomic E-state index is -1.48. The molecule has 6 nitrogen and oxygen atoms in total. The summed E-state index contributed by atoms with van der Waals surface area (Å²) in [7, 11) is 0. The summed E-state index contributed by atoms with van der Waals surface area (Å²) in [6.45, 7) is 3.07. The van der Waals surface area contributed by atoms with Gasteiger partial charge in [0, 0.05) is 44.1 Å². The van der Waals surface area contributed by atoms with E-state index in [1.807, 2.05) is 6.92 Å². The van der Waals surface area contributed by atoms with Crippen LogP contribution < -0.4 is 5.32 Å². The number of carbonyl (C=O) groups excluding carboxylic acids is 1. The Morgan fingerprint density at radius 2 is 2.12 bits per heavy atom. The molecule has 0 unspecified atom stereocenters. The second-order valence-electron chi connectivity index (χ2n) is 6.71. The number of halogens is 1. The minimum Gasteiger partial charge on any atom is -0.379 e. The Kier molecular flexibility index (Phi) is 5.58. The van der Waals surface area contributed by atoms with Crippen LogP contribution in [-0.2, 0) is 17.9 Å². The van der Waals surface area contributed by atoms with Crippen LogP contribution in [0.15, 0.2) is 36.7 Å². The summed E-state index contributed by atoms with van der Waals surface area (Å²) in [6, 6.07) is 6.39. The van der Waals surface area contributed by atoms with Crippen LogP contribution in [0.25, 0.3) is 0 Å². The zero-order valence-corrected chi connectivity index (χ0v) is 14.8. The fourth-order valence-electron chi connectivity index (χ4n) is 3.12. The summed E-state index contributed by atoms with van der Waals surface area (Å²) in [5, 5.41) is 13.9. The van der Waals surface area contributed by atoms with Gasteiger partial charge < -0.3 is 15.3 Å². The molecule has 7 heteroatoms. The molecule has 1 fully saturated rings. The Balaban J connectivity index is 1.60. The first-order valence-corrected chi connectivity index (χ1v) is 8.71. The van der Waals surface area contributed by atoms with E-state index in [0.29, 0.717) is 31.5 Å². The van der Waals surface area contributed by atoms with E-state index in [1.54, 1.807) is 30.6 Å². The molecular weight excluding hydrogens is 335 g/mol. The average molecular weight is 358 g/mol. The van der Waals surface area contributed by atoms with Gasteiger partial charge in [-0.25, -0.2) is 4.39 Å². The number of hydrogen-bond donors (Lipinski definition) is 2. The third-order valence-corrected chi connectivity index (χ3v) is 4.58. The maximum atomic E-state index is 13.9. The van der Waals surface area contributed by atoms with Crippen molar-refractivity contribution in [2.24, 2.45) is 0 Å². The number of nitrogens with one attached hydrogen (secondary N) is 1. The van der Waals surface area contributed by atoms with Crippen LogP contribution in [0.5, 0.6) is 0 Å². The molecule has 3 rings (SSSR count). The van der Waals surface area contributed by atoms with E-state index in [-0.39, 0.29) is 24.8 Å². The number of aryl methyl sites for hydroxylation is 1.